The van der Waals surface area contributed by atoms with Crippen molar-refractivity contribution in [3.63, 3.8) is 0 Å². The molecule has 2 aromatic carbocycles. The number of ether oxygens (including phenoxy) is 3. The Morgan fingerprint density at radius 2 is 1.65 bits per heavy atom. The lowest BCUT2D eigenvalue weighted by Crippen LogP contribution is -2.39. The molecule has 1 aliphatic carbocycles. The van der Waals surface area contributed by atoms with Gasteiger partial charge in [-0.15, -0.1) is 0 Å². The lowest BCUT2D eigenvalue weighted by atomic mass is 9.85. The van der Waals surface area contributed by atoms with Crippen LogP contribution in [0.1, 0.15) is 45.1 Å². The van der Waals surface area contributed by atoms with E-state index in [9.17, 15) is 9.59 Å². The van der Waals surface area contributed by atoms with Crippen molar-refractivity contribution < 1.29 is 23.8 Å². The zero-order valence-electron chi connectivity index (χ0n) is 22.6. The summed E-state index contributed by atoms with van der Waals surface area (Å²) in [7, 11) is 4.30. The molecule has 2 atom stereocenters. The second-order valence-electron chi connectivity index (χ2n) is 9.84. The van der Waals surface area contributed by atoms with Crippen LogP contribution < -0.4 is 10.1 Å². The number of allylic oxidation sites excluding steroid dienone is 3. The molecule has 37 heavy (non-hydrogen) atoms. The van der Waals surface area contributed by atoms with Crippen LogP contribution in [0, 0.1) is 11.3 Å². The molecule has 1 aliphatic rings. The van der Waals surface area contributed by atoms with E-state index in [2.05, 4.69) is 41.7 Å². The Morgan fingerprint density at radius 1 is 1.00 bits per heavy atom. The predicted octanol–water partition coefficient (Wildman–Crippen LogP) is 6.13. The SMILES string of the molecule is COC(=O)C1(C(=O)OC)CC(=C(C)C)[C@@H](/C=C/C[C@@H](CCc2ccccc2)Nc2ccc(OC)cc2)C1. The second-order valence-corrected chi connectivity index (χ2v) is 9.84. The van der Waals surface area contributed by atoms with E-state index >= 15 is 0 Å². The standard InChI is InChI=1S/C31H39NO5/c1-22(2)28-21-31(29(33)36-4,30(34)37-5)20-24(28)12-9-13-25(15-14-23-10-7-6-8-11-23)32-26-16-18-27(35-3)19-17-26/h6-12,16-19,24-25,32H,13-15,20-21H2,1-5H3/b12-9+/t24-,25-/m0/s1. The minimum atomic E-state index is -1.29. The first-order valence-corrected chi connectivity index (χ1v) is 12.8. The summed E-state index contributed by atoms with van der Waals surface area (Å²) in [4.78, 5) is 25.4. The Kier molecular flexibility index (Phi) is 9.95. The van der Waals surface area contributed by atoms with E-state index in [0.717, 1.165) is 41.8 Å². The van der Waals surface area contributed by atoms with Crippen molar-refractivity contribution in [1.82, 2.24) is 0 Å². The van der Waals surface area contributed by atoms with E-state index < -0.39 is 17.4 Å². The summed E-state index contributed by atoms with van der Waals surface area (Å²) in [5.41, 5.74) is 3.25. The van der Waals surface area contributed by atoms with Gasteiger partial charge in [0.05, 0.1) is 21.3 Å². The maximum atomic E-state index is 12.7. The molecule has 198 valence electrons. The first kappa shape index (κ1) is 28.0. The smallest absolute Gasteiger partial charge is 0.323 e. The lowest BCUT2D eigenvalue weighted by molar-refractivity contribution is -0.168. The van der Waals surface area contributed by atoms with Crippen molar-refractivity contribution in [3.8, 4) is 5.75 Å². The number of nitrogens with one attached hydrogen (secondary N) is 1. The topological polar surface area (TPSA) is 73.9 Å². The third-order valence-electron chi connectivity index (χ3n) is 7.18. The average molecular weight is 506 g/mol. The third-order valence-corrected chi connectivity index (χ3v) is 7.18. The highest BCUT2D eigenvalue weighted by molar-refractivity contribution is 6.01. The molecule has 0 spiro atoms. The Hall–Kier alpha value is -3.54. The van der Waals surface area contributed by atoms with E-state index in [1.807, 2.05) is 44.2 Å². The van der Waals surface area contributed by atoms with Gasteiger partial charge in [-0.3, -0.25) is 9.59 Å². The lowest BCUT2D eigenvalue weighted by Gasteiger charge is -2.22. The maximum absolute atomic E-state index is 12.7. The largest absolute Gasteiger partial charge is 0.497 e. The molecule has 2 aromatic rings. The van der Waals surface area contributed by atoms with Gasteiger partial charge in [-0.25, -0.2) is 0 Å². The van der Waals surface area contributed by atoms with Gasteiger partial charge in [0.15, 0.2) is 5.41 Å². The highest BCUT2D eigenvalue weighted by Gasteiger charge is 2.55. The highest BCUT2D eigenvalue weighted by Crippen LogP contribution is 2.49. The summed E-state index contributed by atoms with van der Waals surface area (Å²) in [6.45, 7) is 4.05. The average Bonchev–Trinajstić information content (AvgIpc) is 3.33. The molecule has 0 saturated heterocycles. The molecule has 0 aromatic heterocycles. The molecule has 0 heterocycles. The number of hydrogen-bond donors (Lipinski definition) is 1. The molecule has 3 rings (SSSR count). The zero-order chi connectivity index (χ0) is 26.8. The van der Waals surface area contributed by atoms with Gasteiger partial charge in [-0.1, -0.05) is 53.6 Å². The summed E-state index contributed by atoms with van der Waals surface area (Å²) in [6.07, 6.45) is 7.70. The van der Waals surface area contributed by atoms with E-state index in [1.54, 1.807) is 7.11 Å². The Labute approximate surface area is 220 Å². The van der Waals surface area contributed by atoms with Crippen molar-refractivity contribution >= 4 is 17.6 Å². The summed E-state index contributed by atoms with van der Waals surface area (Å²) in [5, 5.41) is 3.66. The molecule has 1 N–H and O–H groups in total. The fourth-order valence-corrected chi connectivity index (χ4v) is 5.11. The van der Waals surface area contributed by atoms with Gasteiger partial charge in [-0.05, 0) is 81.7 Å². The number of rotatable bonds is 11. The summed E-state index contributed by atoms with van der Waals surface area (Å²) < 4.78 is 15.4. The molecule has 0 bridgehead atoms. The first-order valence-electron chi connectivity index (χ1n) is 12.8. The van der Waals surface area contributed by atoms with Crippen molar-refractivity contribution in [1.29, 1.82) is 0 Å². The van der Waals surface area contributed by atoms with Crippen molar-refractivity contribution in [2.75, 3.05) is 26.6 Å². The first-order chi connectivity index (χ1) is 17.8. The van der Waals surface area contributed by atoms with Gasteiger partial charge in [0, 0.05) is 11.7 Å². The van der Waals surface area contributed by atoms with Crippen molar-refractivity contribution in [2.24, 2.45) is 11.3 Å². The molecule has 1 fully saturated rings. The molecular weight excluding hydrogens is 466 g/mol. The Balaban J connectivity index is 1.77. The van der Waals surface area contributed by atoms with Crippen molar-refractivity contribution in [2.45, 2.75) is 52.0 Å². The van der Waals surface area contributed by atoms with Crippen LogP contribution in [0.4, 0.5) is 5.69 Å². The van der Waals surface area contributed by atoms with Crippen LogP contribution in [0.2, 0.25) is 0 Å². The number of anilines is 1. The number of carbonyl (C=O) groups excluding carboxylic acids is 2. The van der Waals surface area contributed by atoms with Crippen LogP contribution in [0.15, 0.2) is 77.9 Å². The number of hydrogen-bond acceptors (Lipinski definition) is 6. The van der Waals surface area contributed by atoms with Gasteiger partial charge in [-0.2, -0.15) is 0 Å². The second kappa shape index (κ2) is 13.1. The van der Waals surface area contributed by atoms with Crippen LogP contribution in [0.5, 0.6) is 5.75 Å². The molecule has 6 heteroatoms. The summed E-state index contributed by atoms with van der Waals surface area (Å²) in [6, 6.07) is 18.6. The van der Waals surface area contributed by atoms with E-state index in [1.165, 1.54) is 19.8 Å². The van der Waals surface area contributed by atoms with Gasteiger partial charge >= 0.3 is 11.9 Å². The van der Waals surface area contributed by atoms with Gasteiger partial charge in [0.25, 0.3) is 0 Å². The van der Waals surface area contributed by atoms with Gasteiger partial charge in [0.2, 0.25) is 0 Å². The summed E-state index contributed by atoms with van der Waals surface area (Å²) >= 11 is 0. The zero-order valence-corrected chi connectivity index (χ0v) is 22.6. The number of benzene rings is 2. The molecule has 1 saturated carbocycles. The number of esters is 2. The normalized spacial score (nSPS) is 17.3. The Bertz CT molecular complexity index is 1080. The maximum Gasteiger partial charge on any atom is 0.323 e. The van der Waals surface area contributed by atoms with Crippen LogP contribution in [-0.4, -0.2) is 39.3 Å². The number of aryl methyl sites for hydroxylation is 1. The van der Waals surface area contributed by atoms with Gasteiger partial charge in [0.1, 0.15) is 5.75 Å². The predicted molar refractivity (Wildman–Crippen MR) is 146 cm³/mol. The molecule has 0 radical (unpaired) electrons. The highest BCUT2D eigenvalue weighted by atomic mass is 16.5. The molecular formula is C31H39NO5. The van der Waals surface area contributed by atoms with Crippen LogP contribution in [-0.2, 0) is 25.5 Å². The van der Waals surface area contributed by atoms with Crippen molar-refractivity contribution in [3.05, 3.63) is 83.5 Å². The number of methoxy groups -OCH3 is 3. The van der Waals surface area contributed by atoms with Crippen LogP contribution >= 0.6 is 0 Å². The van der Waals surface area contributed by atoms with Gasteiger partial charge < -0.3 is 19.5 Å². The Morgan fingerprint density at radius 3 is 2.22 bits per heavy atom. The van der Waals surface area contributed by atoms with Crippen LogP contribution in [0.3, 0.4) is 0 Å². The molecule has 0 unspecified atom stereocenters. The minimum absolute atomic E-state index is 0.0287. The minimum Gasteiger partial charge on any atom is -0.497 e. The molecule has 6 nitrogen and oxygen atoms in total. The fourth-order valence-electron chi connectivity index (χ4n) is 5.11. The summed E-state index contributed by atoms with van der Waals surface area (Å²) in [5.74, 6) is -0.271. The van der Waals surface area contributed by atoms with E-state index in [-0.39, 0.29) is 12.0 Å². The molecule has 0 amide bonds. The quantitative estimate of drug-likeness (QED) is 0.225. The monoisotopic (exact) mass is 505 g/mol. The number of carbonyl (C=O) groups is 2. The van der Waals surface area contributed by atoms with Crippen LogP contribution in [0.25, 0.3) is 0 Å². The third kappa shape index (κ3) is 7.03. The van der Waals surface area contributed by atoms with E-state index in [4.69, 9.17) is 14.2 Å². The van der Waals surface area contributed by atoms with E-state index in [0.29, 0.717) is 12.8 Å². The fraction of sp³-hybridized carbons (Fsp3) is 0.419. The molecule has 0 aliphatic heterocycles.